The SMILES string of the molecule is Cc1cnc(C(=O)N2CCC3C(C2)NNC3CN(C)C(C)C)cn1. The Labute approximate surface area is 143 Å². The highest BCUT2D eigenvalue weighted by Gasteiger charge is 2.41. The lowest BCUT2D eigenvalue weighted by Gasteiger charge is -2.36. The molecule has 2 aliphatic heterocycles. The van der Waals surface area contributed by atoms with Gasteiger partial charge in [0.25, 0.3) is 5.91 Å². The van der Waals surface area contributed by atoms with E-state index in [1.54, 1.807) is 12.4 Å². The number of carbonyl (C=O) groups excluding carboxylic acids is 1. The molecule has 0 bridgehead atoms. The molecular formula is C17H28N6O. The van der Waals surface area contributed by atoms with Crippen molar-refractivity contribution in [3.63, 3.8) is 0 Å². The van der Waals surface area contributed by atoms with Crippen LogP contribution in [0.3, 0.4) is 0 Å². The molecule has 2 N–H and O–H groups in total. The van der Waals surface area contributed by atoms with Crippen LogP contribution in [0.5, 0.6) is 0 Å². The molecule has 0 aliphatic carbocycles. The zero-order valence-corrected chi connectivity index (χ0v) is 15.0. The number of fused-ring (bicyclic) bond motifs is 1. The second-order valence-corrected chi connectivity index (χ2v) is 7.28. The summed E-state index contributed by atoms with van der Waals surface area (Å²) in [5.74, 6) is 0.532. The molecule has 3 atom stereocenters. The van der Waals surface area contributed by atoms with Crippen LogP contribution in [0.2, 0.25) is 0 Å². The van der Waals surface area contributed by atoms with Gasteiger partial charge in [0, 0.05) is 44.0 Å². The highest BCUT2D eigenvalue weighted by molar-refractivity contribution is 5.92. The first kappa shape index (κ1) is 17.3. The van der Waals surface area contributed by atoms with Crippen molar-refractivity contribution in [2.75, 3.05) is 26.7 Å². The van der Waals surface area contributed by atoms with Crippen LogP contribution in [0.1, 0.15) is 36.5 Å². The van der Waals surface area contributed by atoms with Gasteiger partial charge in [-0.25, -0.2) is 4.98 Å². The average Bonchev–Trinajstić information content (AvgIpc) is 2.97. The Hall–Kier alpha value is -1.57. The van der Waals surface area contributed by atoms with Crippen LogP contribution in [0.25, 0.3) is 0 Å². The third-order valence-corrected chi connectivity index (χ3v) is 5.29. The standard InChI is InChI=1S/C17H28N6O/c1-11(2)22(4)9-15-13-5-6-23(10-16(13)21-20-15)17(24)14-8-18-12(3)7-19-14/h7-8,11,13,15-16,20-21H,5-6,9-10H2,1-4H3. The quantitative estimate of drug-likeness (QED) is 0.833. The molecule has 3 unspecified atom stereocenters. The first-order valence-corrected chi connectivity index (χ1v) is 8.75. The minimum Gasteiger partial charge on any atom is -0.336 e. The smallest absolute Gasteiger partial charge is 0.274 e. The van der Waals surface area contributed by atoms with Crippen LogP contribution in [0.4, 0.5) is 0 Å². The van der Waals surface area contributed by atoms with Crippen molar-refractivity contribution < 1.29 is 4.79 Å². The topological polar surface area (TPSA) is 73.4 Å². The first-order valence-electron chi connectivity index (χ1n) is 8.75. The number of likely N-dealkylation sites (N-methyl/N-ethyl adjacent to an activating group) is 1. The molecular weight excluding hydrogens is 304 g/mol. The van der Waals surface area contributed by atoms with Crippen LogP contribution < -0.4 is 10.9 Å². The minimum atomic E-state index is -0.0227. The summed E-state index contributed by atoms with van der Waals surface area (Å²) in [7, 11) is 2.16. The fraction of sp³-hybridized carbons (Fsp3) is 0.706. The number of aryl methyl sites for hydroxylation is 1. The van der Waals surface area contributed by atoms with Crippen LogP contribution in [-0.2, 0) is 0 Å². The van der Waals surface area contributed by atoms with Crippen molar-refractivity contribution in [3.8, 4) is 0 Å². The van der Waals surface area contributed by atoms with Gasteiger partial charge in [0.1, 0.15) is 5.69 Å². The molecule has 2 saturated heterocycles. The summed E-state index contributed by atoms with van der Waals surface area (Å²) in [6.45, 7) is 8.81. The normalized spacial score (nSPS) is 26.9. The zero-order chi connectivity index (χ0) is 17.3. The van der Waals surface area contributed by atoms with Gasteiger partial charge in [-0.3, -0.25) is 20.6 Å². The maximum Gasteiger partial charge on any atom is 0.274 e. The van der Waals surface area contributed by atoms with Gasteiger partial charge in [-0.1, -0.05) is 0 Å². The third kappa shape index (κ3) is 3.58. The summed E-state index contributed by atoms with van der Waals surface area (Å²) in [5.41, 5.74) is 8.08. The Balaban J connectivity index is 1.60. The second kappa shape index (κ2) is 7.13. The lowest BCUT2D eigenvalue weighted by atomic mass is 9.87. The van der Waals surface area contributed by atoms with Crippen molar-refractivity contribution >= 4 is 5.91 Å². The van der Waals surface area contributed by atoms with Gasteiger partial charge >= 0.3 is 0 Å². The molecule has 1 aromatic heterocycles. The van der Waals surface area contributed by atoms with Crippen molar-refractivity contribution in [1.82, 2.24) is 30.6 Å². The van der Waals surface area contributed by atoms with E-state index in [-0.39, 0.29) is 5.91 Å². The lowest BCUT2D eigenvalue weighted by Crippen LogP contribution is -2.50. The van der Waals surface area contributed by atoms with Crippen LogP contribution in [-0.4, -0.2) is 70.5 Å². The largest absolute Gasteiger partial charge is 0.336 e. The molecule has 1 amide bonds. The van der Waals surface area contributed by atoms with Crippen molar-refractivity contribution in [3.05, 3.63) is 23.8 Å². The molecule has 0 aromatic carbocycles. The van der Waals surface area contributed by atoms with Gasteiger partial charge in [0.2, 0.25) is 0 Å². The zero-order valence-electron chi connectivity index (χ0n) is 15.0. The van der Waals surface area contributed by atoms with Crippen LogP contribution >= 0.6 is 0 Å². The number of hydrazine groups is 1. The summed E-state index contributed by atoms with van der Waals surface area (Å²) in [5, 5.41) is 0. The van der Waals surface area contributed by atoms with E-state index in [1.165, 1.54) is 0 Å². The van der Waals surface area contributed by atoms with Gasteiger partial charge in [0.15, 0.2) is 0 Å². The summed E-state index contributed by atoms with van der Waals surface area (Å²) in [6, 6.07) is 1.26. The summed E-state index contributed by atoms with van der Waals surface area (Å²) < 4.78 is 0. The van der Waals surface area contributed by atoms with E-state index < -0.39 is 0 Å². The lowest BCUT2D eigenvalue weighted by molar-refractivity contribution is 0.0651. The van der Waals surface area contributed by atoms with Gasteiger partial charge in [0.05, 0.1) is 11.9 Å². The number of amides is 1. The number of hydrogen-bond donors (Lipinski definition) is 2. The van der Waals surface area contributed by atoms with E-state index in [0.717, 1.165) is 25.2 Å². The number of nitrogens with zero attached hydrogens (tertiary/aromatic N) is 4. The number of aromatic nitrogens is 2. The third-order valence-electron chi connectivity index (χ3n) is 5.29. The summed E-state index contributed by atoms with van der Waals surface area (Å²) >= 11 is 0. The van der Waals surface area contributed by atoms with Crippen LogP contribution in [0, 0.1) is 12.8 Å². The van der Waals surface area contributed by atoms with E-state index in [9.17, 15) is 4.79 Å². The van der Waals surface area contributed by atoms with Gasteiger partial charge in [-0.2, -0.15) is 0 Å². The molecule has 2 aliphatic rings. The number of nitrogens with one attached hydrogen (secondary N) is 2. The molecule has 0 radical (unpaired) electrons. The van der Waals surface area contributed by atoms with E-state index in [0.29, 0.717) is 36.3 Å². The number of rotatable bonds is 4. The highest BCUT2D eigenvalue weighted by atomic mass is 16.2. The monoisotopic (exact) mass is 332 g/mol. The molecule has 7 nitrogen and oxygen atoms in total. The predicted octanol–water partition coefficient (Wildman–Crippen LogP) is 0.432. The predicted molar refractivity (Wildman–Crippen MR) is 92.4 cm³/mol. The van der Waals surface area contributed by atoms with E-state index in [1.807, 2.05) is 11.8 Å². The number of piperidine rings is 1. The average molecular weight is 332 g/mol. The maximum absolute atomic E-state index is 12.6. The first-order chi connectivity index (χ1) is 11.5. The molecule has 0 saturated carbocycles. The van der Waals surface area contributed by atoms with Crippen LogP contribution in [0.15, 0.2) is 12.4 Å². The molecule has 132 valence electrons. The van der Waals surface area contributed by atoms with Gasteiger partial charge in [-0.15, -0.1) is 0 Å². The van der Waals surface area contributed by atoms with Gasteiger partial charge in [-0.05, 0) is 40.2 Å². The molecule has 1 aromatic rings. The summed E-state index contributed by atoms with van der Waals surface area (Å²) in [6.07, 6.45) is 4.23. The Morgan fingerprint density at radius 1 is 1.38 bits per heavy atom. The Morgan fingerprint density at radius 2 is 2.17 bits per heavy atom. The maximum atomic E-state index is 12.6. The van der Waals surface area contributed by atoms with Crippen molar-refractivity contribution in [2.24, 2.45) is 5.92 Å². The van der Waals surface area contributed by atoms with Crippen molar-refractivity contribution in [1.29, 1.82) is 0 Å². The molecule has 24 heavy (non-hydrogen) atoms. The van der Waals surface area contributed by atoms with Gasteiger partial charge < -0.3 is 9.80 Å². The molecule has 2 fully saturated rings. The Morgan fingerprint density at radius 3 is 2.83 bits per heavy atom. The Bertz CT molecular complexity index is 575. The fourth-order valence-electron chi connectivity index (χ4n) is 3.48. The van der Waals surface area contributed by atoms with E-state index >= 15 is 0 Å². The van der Waals surface area contributed by atoms with Crippen molar-refractivity contribution in [2.45, 2.75) is 45.3 Å². The number of carbonyl (C=O) groups is 1. The fourth-order valence-corrected chi connectivity index (χ4v) is 3.48. The minimum absolute atomic E-state index is 0.0227. The molecule has 7 heteroatoms. The van der Waals surface area contributed by atoms with E-state index in [4.69, 9.17) is 0 Å². The van der Waals surface area contributed by atoms with E-state index in [2.05, 4.69) is 46.6 Å². The molecule has 3 rings (SSSR count). The Kier molecular flexibility index (Phi) is 5.12. The molecule has 3 heterocycles. The summed E-state index contributed by atoms with van der Waals surface area (Å²) in [4.78, 5) is 25.3. The molecule has 0 spiro atoms. The highest BCUT2D eigenvalue weighted by Crippen LogP contribution is 2.26. The second-order valence-electron chi connectivity index (χ2n) is 7.28. The number of likely N-dealkylation sites (tertiary alicyclic amines) is 1. The number of hydrogen-bond acceptors (Lipinski definition) is 6.